The molecule has 18 heavy (non-hydrogen) atoms. The molecule has 2 saturated heterocycles. The number of nitrogens with zero attached hydrogens (tertiary/aromatic N) is 3. The lowest BCUT2D eigenvalue weighted by Gasteiger charge is -2.24. The van der Waals surface area contributed by atoms with E-state index in [1.165, 1.54) is 55.8 Å². The summed E-state index contributed by atoms with van der Waals surface area (Å²) in [5.74, 6) is 2.06. The molecule has 0 bridgehead atoms. The topological polar surface area (TPSA) is 41.1 Å². The van der Waals surface area contributed by atoms with Crippen molar-refractivity contribution in [2.75, 3.05) is 24.5 Å². The van der Waals surface area contributed by atoms with Crippen molar-refractivity contribution >= 4 is 5.82 Å². The van der Waals surface area contributed by atoms with E-state index in [4.69, 9.17) is 0 Å². The lowest BCUT2D eigenvalue weighted by molar-refractivity contribution is 0.340. The van der Waals surface area contributed by atoms with E-state index in [9.17, 15) is 0 Å². The van der Waals surface area contributed by atoms with E-state index in [0.29, 0.717) is 6.04 Å². The molecule has 4 rings (SSSR count). The molecule has 0 radical (unpaired) electrons. The van der Waals surface area contributed by atoms with Gasteiger partial charge in [-0.25, -0.2) is 9.97 Å². The molecule has 0 amide bonds. The molecule has 4 heteroatoms. The van der Waals surface area contributed by atoms with Crippen molar-refractivity contribution < 1.29 is 0 Å². The van der Waals surface area contributed by atoms with Crippen LogP contribution in [0.3, 0.4) is 0 Å². The second kappa shape index (κ2) is 4.19. The van der Waals surface area contributed by atoms with E-state index < -0.39 is 0 Å². The second-order valence-corrected chi connectivity index (χ2v) is 5.84. The Morgan fingerprint density at radius 1 is 1.17 bits per heavy atom. The predicted molar refractivity (Wildman–Crippen MR) is 70.8 cm³/mol. The maximum absolute atomic E-state index is 4.58. The third kappa shape index (κ3) is 1.62. The first-order chi connectivity index (χ1) is 8.92. The molecule has 4 nitrogen and oxygen atoms in total. The fourth-order valence-corrected chi connectivity index (χ4v) is 3.83. The number of hydrogen-bond donors (Lipinski definition) is 1. The molecule has 2 unspecified atom stereocenters. The Morgan fingerprint density at radius 2 is 2.17 bits per heavy atom. The van der Waals surface area contributed by atoms with Crippen LogP contribution in [-0.2, 0) is 12.8 Å². The quantitative estimate of drug-likeness (QED) is 0.804. The highest BCUT2D eigenvalue weighted by atomic mass is 15.3. The molecule has 0 spiro atoms. The molecule has 1 aliphatic carbocycles. The van der Waals surface area contributed by atoms with Crippen molar-refractivity contribution in [2.45, 2.75) is 38.1 Å². The first-order valence-electron chi connectivity index (χ1n) is 7.23. The zero-order valence-corrected chi connectivity index (χ0v) is 10.7. The minimum atomic E-state index is 0.686. The molecule has 96 valence electrons. The van der Waals surface area contributed by atoms with Gasteiger partial charge in [0.25, 0.3) is 0 Å². The highest BCUT2D eigenvalue weighted by molar-refractivity contribution is 5.51. The van der Waals surface area contributed by atoms with Crippen LogP contribution in [0.15, 0.2) is 6.33 Å². The molecule has 1 aromatic rings. The number of piperidine rings is 1. The summed E-state index contributed by atoms with van der Waals surface area (Å²) in [4.78, 5) is 11.5. The summed E-state index contributed by atoms with van der Waals surface area (Å²) in [6.07, 6.45) is 8.03. The summed E-state index contributed by atoms with van der Waals surface area (Å²) < 4.78 is 0. The summed E-state index contributed by atoms with van der Waals surface area (Å²) in [5.41, 5.74) is 2.72. The van der Waals surface area contributed by atoms with Crippen molar-refractivity contribution in [3.63, 3.8) is 0 Å². The van der Waals surface area contributed by atoms with E-state index >= 15 is 0 Å². The van der Waals surface area contributed by atoms with Crippen LogP contribution in [0, 0.1) is 5.92 Å². The molecule has 0 saturated carbocycles. The minimum absolute atomic E-state index is 0.686. The van der Waals surface area contributed by atoms with Gasteiger partial charge in [0.2, 0.25) is 0 Å². The van der Waals surface area contributed by atoms with Crippen molar-refractivity contribution in [1.82, 2.24) is 15.3 Å². The molecule has 3 aliphatic rings. The second-order valence-electron chi connectivity index (χ2n) is 5.84. The standard InChI is InChI=1S/C14H20N4/c1-4-11-12(5-1)16-9-17-14(11)18-7-10-3-2-6-15-13(10)8-18/h9-10,13,15H,1-8H2. The van der Waals surface area contributed by atoms with Gasteiger partial charge < -0.3 is 10.2 Å². The van der Waals surface area contributed by atoms with Crippen LogP contribution in [0.5, 0.6) is 0 Å². The Balaban J connectivity index is 1.63. The third-order valence-electron chi connectivity index (χ3n) is 4.75. The lowest BCUT2D eigenvalue weighted by atomic mass is 9.94. The van der Waals surface area contributed by atoms with Gasteiger partial charge in [-0.05, 0) is 44.6 Å². The monoisotopic (exact) mass is 244 g/mol. The maximum atomic E-state index is 4.58. The van der Waals surface area contributed by atoms with Crippen LogP contribution in [0.1, 0.15) is 30.5 Å². The number of anilines is 1. The van der Waals surface area contributed by atoms with Gasteiger partial charge in [-0.1, -0.05) is 0 Å². The van der Waals surface area contributed by atoms with E-state index in [-0.39, 0.29) is 0 Å². The molecular weight excluding hydrogens is 224 g/mol. The van der Waals surface area contributed by atoms with Crippen molar-refractivity contribution in [1.29, 1.82) is 0 Å². The normalized spacial score (nSPS) is 30.3. The average Bonchev–Trinajstić information content (AvgIpc) is 3.04. The smallest absolute Gasteiger partial charge is 0.135 e. The average molecular weight is 244 g/mol. The van der Waals surface area contributed by atoms with E-state index in [1.54, 1.807) is 6.33 Å². The number of hydrogen-bond acceptors (Lipinski definition) is 4. The predicted octanol–water partition coefficient (Wildman–Crippen LogP) is 1.15. The first kappa shape index (κ1) is 10.7. The summed E-state index contributed by atoms with van der Waals surface area (Å²) >= 11 is 0. The van der Waals surface area contributed by atoms with Crippen molar-refractivity contribution in [2.24, 2.45) is 5.92 Å². The molecule has 2 atom stereocenters. The zero-order chi connectivity index (χ0) is 11.9. The molecular formula is C14H20N4. The van der Waals surface area contributed by atoms with Gasteiger partial charge in [0.1, 0.15) is 12.1 Å². The van der Waals surface area contributed by atoms with Gasteiger partial charge in [-0.15, -0.1) is 0 Å². The fraction of sp³-hybridized carbons (Fsp3) is 0.714. The number of aryl methyl sites for hydroxylation is 1. The first-order valence-corrected chi connectivity index (χ1v) is 7.23. The van der Waals surface area contributed by atoms with Gasteiger partial charge in [0.15, 0.2) is 0 Å². The van der Waals surface area contributed by atoms with Gasteiger partial charge in [0, 0.05) is 30.4 Å². The van der Waals surface area contributed by atoms with Crippen LogP contribution in [0.2, 0.25) is 0 Å². The lowest BCUT2D eigenvalue weighted by Crippen LogP contribution is -2.40. The van der Waals surface area contributed by atoms with E-state index in [1.807, 2.05) is 0 Å². The number of nitrogens with one attached hydrogen (secondary N) is 1. The SMILES string of the molecule is c1nc2c(c(N3CC4CCCNC4C3)n1)CCC2. The van der Waals surface area contributed by atoms with Crippen LogP contribution in [0.25, 0.3) is 0 Å². The largest absolute Gasteiger partial charge is 0.354 e. The zero-order valence-electron chi connectivity index (χ0n) is 10.7. The van der Waals surface area contributed by atoms with Crippen molar-refractivity contribution in [3.8, 4) is 0 Å². The summed E-state index contributed by atoms with van der Waals surface area (Å²) in [5, 5.41) is 3.66. The highest BCUT2D eigenvalue weighted by Crippen LogP contribution is 2.33. The Labute approximate surface area is 108 Å². The number of rotatable bonds is 1. The van der Waals surface area contributed by atoms with E-state index in [2.05, 4.69) is 20.2 Å². The molecule has 2 aliphatic heterocycles. The van der Waals surface area contributed by atoms with Gasteiger partial charge in [-0.2, -0.15) is 0 Å². The molecule has 3 heterocycles. The summed E-state index contributed by atoms with van der Waals surface area (Å²) in [6, 6.07) is 0.686. The molecule has 2 fully saturated rings. The molecule has 1 aromatic heterocycles. The number of fused-ring (bicyclic) bond motifs is 2. The Kier molecular flexibility index (Phi) is 2.50. The third-order valence-corrected chi connectivity index (χ3v) is 4.75. The van der Waals surface area contributed by atoms with Gasteiger partial charge in [-0.3, -0.25) is 0 Å². The van der Waals surface area contributed by atoms with Crippen LogP contribution >= 0.6 is 0 Å². The fourth-order valence-electron chi connectivity index (χ4n) is 3.83. The number of aromatic nitrogens is 2. The minimum Gasteiger partial charge on any atom is -0.354 e. The molecule has 1 N–H and O–H groups in total. The van der Waals surface area contributed by atoms with Gasteiger partial charge >= 0.3 is 0 Å². The van der Waals surface area contributed by atoms with Crippen LogP contribution in [0.4, 0.5) is 5.82 Å². The Hall–Kier alpha value is -1.16. The maximum Gasteiger partial charge on any atom is 0.135 e. The van der Waals surface area contributed by atoms with E-state index in [0.717, 1.165) is 18.9 Å². The summed E-state index contributed by atoms with van der Waals surface area (Å²) in [7, 11) is 0. The Morgan fingerprint density at radius 3 is 3.11 bits per heavy atom. The Bertz CT molecular complexity index is 445. The van der Waals surface area contributed by atoms with Crippen molar-refractivity contribution in [3.05, 3.63) is 17.6 Å². The van der Waals surface area contributed by atoms with Gasteiger partial charge in [0.05, 0.1) is 0 Å². The van der Waals surface area contributed by atoms with Crippen LogP contribution < -0.4 is 10.2 Å². The van der Waals surface area contributed by atoms with Crippen LogP contribution in [-0.4, -0.2) is 35.6 Å². The summed E-state index contributed by atoms with van der Waals surface area (Å²) in [6.45, 7) is 3.51. The molecule has 0 aromatic carbocycles. The highest BCUT2D eigenvalue weighted by Gasteiger charge is 2.36.